The van der Waals surface area contributed by atoms with Gasteiger partial charge < -0.3 is 15.4 Å². The second-order valence-electron chi connectivity index (χ2n) is 6.35. The number of guanidine groups is 1. The van der Waals surface area contributed by atoms with E-state index >= 15 is 0 Å². The molecule has 6 heteroatoms. The van der Waals surface area contributed by atoms with Crippen LogP contribution in [0.3, 0.4) is 0 Å². The summed E-state index contributed by atoms with van der Waals surface area (Å²) in [5, 5.41) is 6.62. The van der Waals surface area contributed by atoms with Gasteiger partial charge in [0.2, 0.25) is 5.88 Å². The Kier molecular flexibility index (Phi) is 8.22. The molecular formula is C18H30N4OS. The van der Waals surface area contributed by atoms with E-state index < -0.39 is 0 Å². The van der Waals surface area contributed by atoms with Crippen molar-refractivity contribution < 1.29 is 4.74 Å². The molecule has 1 aliphatic rings. The average molecular weight is 351 g/mol. The molecule has 0 unspecified atom stereocenters. The first-order chi connectivity index (χ1) is 11.7. The number of nitrogens with zero attached hydrogens (tertiary/aromatic N) is 2. The lowest BCUT2D eigenvalue weighted by Crippen LogP contribution is -2.37. The minimum Gasteiger partial charge on any atom is -0.474 e. The van der Waals surface area contributed by atoms with Crippen molar-refractivity contribution in [2.75, 3.05) is 25.6 Å². The first kappa shape index (κ1) is 18.9. The molecule has 0 aromatic carbocycles. The first-order valence-corrected chi connectivity index (χ1v) is 10.2. The Morgan fingerprint density at radius 1 is 1.33 bits per heavy atom. The summed E-state index contributed by atoms with van der Waals surface area (Å²) >= 11 is 1.82. The Labute approximate surface area is 150 Å². The van der Waals surface area contributed by atoms with E-state index in [1.54, 1.807) is 7.05 Å². The van der Waals surface area contributed by atoms with Crippen molar-refractivity contribution in [2.24, 2.45) is 10.9 Å². The van der Waals surface area contributed by atoms with Gasteiger partial charge in [0.25, 0.3) is 0 Å². The maximum absolute atomic E-state index is 6.07. The third-order valence-corrected chi connectivity index (χ3v) is 4.94. The van der Waals surface area contributed by atoms with Crippen LogP contribution in [-0.4, -0.2) is 42.6 Å². The summed E-state index contributed by atoms with van der Waals surface area (Å²) in [7, 11) is 1.79. The first-order valence-electron chi connectivity index (χ1n) is 8.76. The standard InChI is InChI=1S/C18H30N4OS/c1-14-4-6-16(7-5-14)23-17-12-15(8-9-20-17)13-22-18(19-2)21-10-11-24-3/h8-9,12,14,16H,4-7,10-11,13H2,1-3H3,(H2,19,21,22). The molecule has 0 bridgehead atoms. The smallest absolute Gasteiger partial charge is 0.213 e. The summed E-state index contributed by atoms with van der Waals surface area (Å²) in [6, 6.07) is 4.04. The van der Waals surface area contributed by atoms with Crippen LogP contribution in [0.5, 0.6) is 5.88 Å². The van der Waals surface area contributed by atoms with Gasteiger partial charge in [-0.05, 0) is 49.5 Å². The highest BCUT2D eigenvalue weighted by atomic mass is 32.2. The van der Waals surface area contributed by atoms with Gasteiger partial charge in [-0.15, -0.1) is 0 Å². The summed E-state index contributed by atoms with van der Waals surface area (Å²) in [6.45, 7) is 3.94. The van der Waals surface area contributed by atoms with Crippen molar-refractivity contribution in [1.29, 1.82) is 0 Å². The second-order valence-corrected chi connectivity index (χ2v) is 7.33. The summed E-state index contributed by atoms with van der Waals surface area (Å²) in [5.41, 5.74) is 1.15. The fraction of sp³-hybridized carbons (Fsp3) is 0.667. The Hall–Kier alpha value is -1.43. The van der Waals surface area contributed by atoms with E-state index in [2.05, 4.69) is 33.8 Å². The Balaban J connectivity index is 1.81. The molecule has 24 heavy (non-hydrogen) atoms. The molecule has 1 aromatic rings. The van der Waals surface area contributed by atoms with Gasteiger partial charge in [0, 0.05) is 38.2 Å². The van der Waals surface area contributed by atoms with E-state index in [0.29, 0.717) is 12.6 Å². The van der Waals surface area contributed by atoms with Crippen molar-refractivity contribution >= 4 is 17.7 Å². The molecule has 2 rings (SSSR count). The molecule has 1 aliphatic carbocycles. The van der Waals surface area contributed by atoms with Crippen LogP contribution in [0.25, 0.3) is 0 Å². The van der Waals surface area contributed by atoms with Crippen molar-refractivity contribution in [2.45, 2.75) is 45.3 Å². The van der Waals surface area contributed by atoms with E-state index in [-0.39, 0.29) is 0 Å². The van der Waals surface area contributed by atoms with E-state index in [1.165, 1.54) is 12.8 Å². The predicted octanol–water partition coefficient (Wildman–Crippen LogP) is 3.07. The fourth-order valence-electron chi connectivity index (χ4n) is 2.82. The number of rotatable bonds is 7. The number of hydrogen-bond donors (Lipinski definition) is 2. The van der Waals surface area contributed by atoms with Gasteiger partial charge in [-0.1, -0.05) is 6.92 Å². The maximum Gasteiger partial charge on any atom is 0.213 e. The Bertz CT molecular complexity index is 515. The molecule has 1 aromatic heterocycles. The molecule has 0 radical (unpaired) electrons. The third-order valence-electron chi connectivity index (χ3n) is 4.33. The number of aliphatic imine (C=N–C) groups is 1. The van der Waals surface area contributed by atoms with E-state index in [9.17, 15) is 0 Å². The third kappa shape index (κ3) is 6.59. The maximum atomic E-state index is 6.07. The molecule has 134 valence electrons. The lowest BCUT2D eigenvalue weighted by Gasteiger charge is -2.26. The zero-order valence-electron chi connectivity index (χ0n) is 15.0. The number of hydrogen-bond acceptors (Lipinski definition) is 4. The Morgan fingerprint density at radius 3 is 2.83 bits per heavy atom. The van der Waals surface area contributed by atoms with Gasteiger partial charge >= 0.3 is 0 Å². The van der Waals surface area contributed by atoms with Crippen LogP contribution < -0.4 is 15.4 Å². The van der Waals surface area contributed by atoms with Crippen LogP contribution in [0, 0.1) is 5.92 Å². The summed E-state index contributed by atoms with van der Waals surface area (Å²) in [5.74, 6) is 3.45. The van der Waals surface area contributed by atoms with Crippen LogP contribution >= 0.6 is 11.8 Å². The normalized spacial score (nSPS) is 21.4. The number of ether oxygens (including phenoxy) is 1. The molecule has 1 fully saturated rings. The van der Waals surface area contributed by atoms with Crippen molar-refractivity contribution in [3.05, 3.63) is 23.9 Å². The fourth-order valence-corrected chi connectivity index (χ4v) is 3.13. The lowest BCUT2D eigenvalue weighted by atomic mass is 9.89. The SMILES string of the molecule is CN=C(NCCSC)NCc1ccnc(OC2CCC(C)CC2)c1. The van der Waals surface area contributed by atoms with Gasteiger partial charge in [-0.25, -0.2) is 4.98 Å². The molecule has 0 atom stereocenters. The molecule has 0 spiro atoms. The Morgan fingerprint density at radius 2 is 2.12 bits per heavy atom. The zero-order valence-corrected chi connectivity index (χ0v) is 15.9. The van der Waals surface area contributed by atoms with Crippen molar-refractivity contribution in [3.8, 4) is 5.88 Å². The van der Waals surface area contributed by atoms with Crippen molar-refractivity contribution in [3.63, 3.8) is 0 Å². The van der Waals surface area contributed by atoms with Crippen LogP contribution in [0.2, 0.25) is 0 Å². The highest BCUT2D eigenvalue weighted by Crippen LogP contribution is 2.26. The number of pyridine rings is 1. The van der Waals surface area contributed by atoms with Crippen LogP contribution in [0.1, 0.15) is 38.2 Å². The summed E-state index contributed by atoms with van der Waals surface area (Å²) < 4.78 is 6.07. The molecule has 1 heterocycles. The summed E-state index contributed by atoms with van der Waals surface area (Å²) in [6.07, 6.45) is 9.02. The van der Waals surface area contributed by atoms with E-state index in [4.69, 9.17) is 4.74 Å². The number of thioether (sulfide) groups is 1. The summed E-state index contributed by atoms with van der Waals surface area (Å²) in [4.78, 5) is 8.60. The number of nitrogens with one attached hydrogen (secondary N) is 2. The highest BCUT2D eigenvalue weighted by molar-refractivity contribution is 7.98. The molecule has 0 aliphatic heterocycles. The van der Waals surface area contributed by atoms with Crippen molar-refractivity contribution in [1.82, 2.24) is 15.6 Å². The number of aromatic nitrogens is 1. The largest absolute Gasteiger partial charge is 0.474 e. The van der Waals surface area contributed by atoms with Gasteiger partial charge in [-0.2, -0.15) is 11.8 Å². The predicted molar refractivity (Wildman–Crippen MR) is 103 cm³/mol. The van der Waals surface area contributed by atoms with E-state index in [1.807, 2.05) is 30.1 Å². The highest BCUT2D eigenvalue weighted by Gasteiger charge is 2.19. The average Bonchev–Trinajstić information content (AvgIpc) is 2.60. The topological polar surface area (TPSA) is 58.5 Å². The molecule has 1 saturated carbocycles. The quantitative estimate of drug-likeness (QED) is 0.450. The molecule has 2 N–H and O–H groups in total. The van der Waals surface area contributed by atoms with Gasteiger partial charge in [-0.3, -0.25) is 4.99 Å². The second kappa shape index (κ2) is 10.4. The lowest BCUT2D eigenvalue weighted by molar-refractivity contribution is 0.130. The zero-order chi connectivity index (χ0) is 17.2. The van der Waals surface area contributed by atoms with Crippen LogP contribution in [-0.2, 0) is 6.54 Å². The molecular weight excluding hydrogens is 320 g/mol. The van der Waals surface area contributed by atoms with Crippen LogP contribution in [0.4, 0.5) is 0 Å². The van der Waals surface area contributed by atoms with Crippen LogP contribution in [0.15, 0.2) is 23.3 Å². The minimum atomic E-state index is 0.317. The molecule has 0 amide bonds. The van der Waals surface area contributed by atoms with E-state index in [0.717, 1.165) is 48.5 Å². The van der Waals surface area contributed by atoms with Gasteiger partial charge in [0.15, 0.2) is 5.96 Å². The molecule has 0 saturated heterocycles. The monoisotopic (exact) mass is 350 g/mol. The van der Waals surface area contributed by atoms with Gasteiger partial charge in [0.05, 0.1) is 0 Å². The van der Waals surface area contributed by atoms with Gasteiger partial charge in [0.1, 0.15) is 6.10 Å². The minimum absolute atomic E-state index is 0.317. The molecule has 5 nitrogen and oxygen atoms in total.